The third-order valence-corrected chi connectivity index (χ3v) is 4.81. The molecule has 5 nitrogen and oxygen atoms in total. The van der Waals surface area contributed by atoms with E-state index in [4.69, 9.17) is 0 Å². The topological polar surface area (TPSA) is 70.2 Å². The number of urea groups is 1. The molecular weight excluding hydrogens is 362 g/mol. The van der Waals surface area contributed by atoms with Crippen LogP contribution in [0.4, 0.5) is 16.2 Å². The Morgan fingerprint density at radius 1 is 0.759 bits per heavy atom. The normalized spacial score (nSPS) is 12.8. The second kappa shape index (κ2) is 8.61. The molecule has 0 aliphatic heterocycles. The quantitative estimate of drug-likeness (QED) is 0.570. The fraction of sp³-hybridized carbons (Fsp3) is 0.167. The molecule has 0 saturated heterocycles. The summed E-state index contributed by atoms with van der Waals surface area (Å²) in [6.45, 7) is 0. The Morgan fingerprint density at radius 3 is 2.07 bits per heavy atom. The molecule has 0 bridgehead atoms. The van der Waals surface area contributed by atoms with E-state index in [1.165, 1.54) is 0 Å². The molecule has 3 amide bonds. The first kappa shape index (κ1) is 18.7. The van der Waals surface area contributed by atoms with Crippen LogP contribution >= 0.6 is 0 Å². The Kier molecular flexibility index (Phi) is 5.56. The number of hydrogen-bond donors (Lipinski definition) is 3. The fourth-order valence-corrected chi connectivity index (χ4v) is 3.13. The molecule has 0 atom stereocenters. The van der Waals surface area contributed by atoms with E-state index in [0.29, 0.717) is 29.4 Å². The van der Waals surface area contributed by atoms with Gasteiger partial charge in [0.2, 0.25) is 0 Å². The Hall–Kier alpha value is -3.60. The van der Waals surface area contributed by atoms with Gasteiger partial charge in [-0.05, 0) is 60.7 Å². The standard InChI is InChI=1S/C24H23N3O2/c28-23(22-9-5-4-8-18(22)16-17-6-2-1-3-7-17)25-19-10-12-20(13-11-19)26-24(29)27-21-14-15-21/h1-13,21H,14-16H2,(H,25,28)(H2,26,27,29). The summed E-state index contributed by atoms with van der Waals surface area (Å²) in [4.78, 5) is 24.6. The molecule has 0 radical (unpaired) electrons. The van der Waals surface area contributed by atoms with Gasteiger partial charge >= 0.3 is 6.03 Å². The van der Waals surface area contributed by atoms with Gasteiger partial charge in [-0.25, -0.2) is 4.79 Å². The van der Waals surface area contributed by atoms with Gasteiger partial charge in [-0.15, -0.1) is 0 Å². The zero-order chi connectivity index (χ0) is 20.1. The molecule has 1 aliphatic carbocycles. The molecule has 0 heterocycles. The molecule has 1 saturated carbocycles. The van der Waals surface area contributed by atoms with E-state index in [2.05, 4.69) is 28.1 Å². The number of amides is 3. The van der Waals surface area contributed by atoms with Crippen LogP contribution in [0.25, 0.3) is 0 Å². The van der Waals surface area contributed by atoms with Gasteiger partial charge in [-0.1, -0.05) is 48.5 Å². The lowest BCUT2D eigenvalue weighted by Gasteiger charge is -2.11. The van der Waals surface area contributed by atoms with Crippen LogP contribution in [-0.4, -0.2) is 18.0 Å². The van der Waals surface area contributed by atoms with Crippen molar-refractivity contribution in [2.24, 2.45) is 0 Å². The lowest BCUT2D eigenvalue weighted by atomic mass is 9.99. The number of hydrogen-bond acceptors (Lipinski definition) is 2. The molecule has 1 aliphatic rings. The maximum absolute atomic E-state index is 12.8. The minimum absolute atomic E-state index is 0.149. The number of carbonyl (C=O) groups is 2. The summed E-state index contributed by atoms with van der Waals surface area (Å²) in [5.41, 5.74) is 4.16. The van der Waals surface area contributed by atoms with E-state index in [9.17, 15) is 9.59 Å². The smallest absolute Gasteiger partial charge is 0.319 e. The van der Waals surface area contributed by atoms with Crippen molar-refractivity contribution >= 4 is 23.3 Å². The van der Waals surface area contributed by atoms with E-state index in [1.54, 1.807) is 24.3 Å². The van der Waals surface area contributed by atoms with Gasteiger partial charge < -0.3 is 16.0 Å². The van der Waals surface area contributed by atoms with E-state index < -0.39 is 0 Å². The maximum Gasteiger partial charge on any atom is 0.319 e. The average Bonchev–Trinajstić information content (AvgIpc) is 3.54. The van der Waals surface area contributed by atoms with Crippen molar-refractivity contribution in [1.29, 1.82) is 0 Å². The average molecular weight is 385 g/mol. The zero-order valence-corrected chi connectivity index (χ0v) is 16.0. The van der Waals surface area contributed by atoms with Crippen LogP contribution in [0.2, 0.25) is 0 Å². The minimum atomic E-state index is -0.195. The molecule has 0 spiro atoms. The summed E-state index contributed by atoms with van der Waals surface area (Å²) in [6, 6.07) is 25.0. The predicted octanol–water partition coefficient (Wildman–Crippen LogP) is 4.81. The molecule has 29 heavy (non-hydrogen) atoms. The Morgan fingerprint density at radius 2 is 1.38 bits per heavy atom. The maximum atomic E-state index is 12.8. The molecule has 4 rings (SSSR count). The molecule has 3 aromatic rings. The van der Waals surface area contributed by atoms with Gasteiger partial charge in [-0.3, -0.25) is 4.79 Å². The van der Waals surface area contributed by atoms with Crippen LogP contribution in [0, 0.1) is 0 Å². The van der Waals surface area contributed by atoms with Gasteiger partial charge in [0, 0.05) is 23.0 Å². The minimum Gasteiger partial charge on any atom is -0.335 e. The lowest BCUT2D eigenvalue weighted by molar-refractivity contribution is 0.102. The highest BCUT2D eigenvalue weighted by Crippen LogP contribution is 2.20. The Labute approximate surface area is 170 Å². The monoisotopic (exact) mass is 385 g/mol. The molecular formula is C24H23N3O2. The molecule has 0 unspecified atom stereocenters. The van der Waals surface area contributed by atoms with Gasteiger partial charge in [0.15, 0.2) is 0 Å². The van der Waals surface area contributed by atoms with Crippen LogP contribution in [0.3, 0.4) is 0 Å². The Bertz CT molecular complexity index is 996. The van der Waals surface area contributed by atoms with Crippen molar-refractivity contribution in [2.75, 3.05) is 10.6 Å². The Balaban J connectivity index is 1.40. The molecule has 1 fully saturated rings. The third kappa shape index (κ3) is 5.23. The van der Waals surface area contributed by atoms with Crippen LogP contribution in [0.15, 0.2) is 78.9 Å². The predicted molar refractivity (Wildman–Crippen MR) is 115 cm³/mol. The van der Waals surface area contributed by atoms with E-state index >= 15 is 0 Å². The first-order chi connectivity index (χ1) is 14.2. The van der Waals surface area contributed by atoms with Crippen LogP contribution in [0.5, 0.6) is 0 Å². The summed E-state index contributed by atoms with van der Waals surface area (Å²) in [6.07, 6.45) is 2.79. The second-order valence-corrected chi connectivity index (χ2v) is 7.22. The number of anilines is 2. The summed E-state index contributed by atoms with van der Waals surface area (Å²) in [7, 11) is 0. The highest BCUT2D eigenvalue weighted by Gasteiger charge is 2.23. The highest BCUT2D eigenvalue weighted by molar-refractivity contribution is 6.05. The van der Waals surface area contributed by atoms with Crippen molar-refractivity contribution in [3.05, 3.63) is 95.6 Å². The van der Waals surface area contributed by atoms with Crippen molar-refractivity contribution in [3.63, 3.8) is 0 Å². The molecule has 0 aromatic heterocycles. The van der Waals surface area contributed by atoms with Crippen LogP contribution < -0.4 is 16.0 Å². The zero-order valence-electron chi connectivity index (χ0n) is 16.0. The van der Waals surface area contributed by atoms with Crippen LogP contribution in [0.1, 0.15) is 34.3 Å². The van der Waals surface area contributed by atoms with Gasteiger partial charge in [-0.2, -0.15) is 0 Å². The van der Waals surface area contributed by atoms with E-state index in [0.717, 1.165) is 24.0 Å². The van der Waals surface area contributed by atoms with Gasteiger partial charge in [0.1, 0.15) is 0 Å². The number of benzene rings is 3. The number of rotatable bonds is 6. The van der Waals surface area contributed by atoms with Crippen molar-refractivity contribution in [1.82, 2.24) is 5.32 Å². The first-order valence-corrected chi connectivity index (χ1v) is 9.78. The van der Waals surface area contributed by atoms with Crippen molar-refractivity contribution in [2.45, 2.75) is 25.3 Å². The van der Waals surface area contributed by atoms with Crippen molar-refractivity contribution in [3.8, 4) is 0 Å². The highest BCUT2D eigenvalue weighted by atomic mass is 16.2. The first-order valence-electron chi connectivity index (χ1n) is 9.78. The number of carbonyl (C=O) groups excluding carboxylic acids is 2. The molecule has 3 N–H and O–H groups in total. The van der Waals surface area contributed by atoms with Crippen molar-refractivity contribution < 1.29 is 9.59 Å². The number of nitrogens with one attached hydrogen (secondary N) is 3. The van der Waals surface area contributed by atoms with Crippen LogP contribution in [-0.2, 0) is 6.42 Å². The third-order valence-electron chi connectivity index (χ3n) is 4.81. The molecule has 3 aromatic carbocycles. The van der Waals surface area contributed by atoms with E-state index in [-0.39, 0.29) is 11.9 Å². The second-order valence-electron chi connectivity index (χ2n) is 7.22. The van der Waals surface area contributed by atoms with Gasteiger partial charge in [0.25, 0.3) is 5.91 Å². The van der Waals surface area contributed by atoms with Gasteiger partial charge in [0.05, 0.1) is 0 Å². The lowest BCUT2D eigenvalue weighted by Crippen LogP contribution is -2.30. The molecule has 5 heteroatoms. The summed E-state index contributed by atoms with van der Waals surface area (Å²) in [5.74, 6) is -0.149. The summed E-state index contributed by atoms with van der Waals surface area (Å²) >= 11 is 0. The SMILES string of the molecule is O=C(Nc1ccc(NC(=O)c2ccccc2Cc2ccccc2)cc1)NC1CC1. The van der Waals surface area contributed by atoms with E-state index in [1.807, 2.05) is 42.5 Å². The molecule has 146 valence electrons. The fourth-order valence-electron chi connectivity index (χ4n) is 3.13. The summed E-state index contributed by atoms with van der Waals surface area (Å²) in [5, 5.41) is 8.62. The summed E-state index contributed by atoms with van der Waals surface area (Å²) < 4.78 is 0. The largest absolute Gasteiger partial charge is 0.335 e.